The molecule has 4 saturated carbocycles. The summed E-state index contributed by atoms with van der Waals surface area (Å²) in [6, 6.07) is 0.351. The Labute approximate surface area is 728 Å². The van der Waals surface area contributed by atoms with Crippen molar-refractivity contribution in [3.63, 3.8) is 0 Å². The van der Waals surface area contributed by atoms with Gasteiger partial charge in [-0.15, -0.1) is 0 Å². The summed E-state index contributed by atoms with van der Waals surface area (Å²) in [4.78, 5) is 0. The van der Waals surface area contributed by atoms with Crippen molar-refractivity contribution in [2.75, 3.05) is 23.0 Å². The number of thioether (sulfide) groups is 8. The number of nitrogens with one attached hydrogen (secondary N) is 6. The number of sulfonamides is 2. The number of hydrogen-bond donors (Lipinski definition) is 8. The van der Waals surface area contributed by atoms with E-state index >= 15 is 17.5 Å². The molecule has 44 unspecified atom stereocenters. The molecule has 0 aromatic rings. The van der Waals surface area contributed by atoms with Crippen molar-refractivity contribution in [1.82, 2.24) is 40.5 Å². The number of hydrogen-bond acceptors (Lipinski definition) is 24. The predicted octanol–water partition coefficient (Wildman–Crippen LogP) is 11.8. The van der Waals surface area contributed by atoms with Crippen molar-refractivity contribution >= 4 is 134 Å². The second kappa shape index (κ2) is 32.2. The molecule has 0 aromatic heterocycles. The average molecular weight is 1830 g/mol. The SMILES string of the molecule is CC1CCC(C2CCC(C3CCC4C5CCC(N5)C5CCC(N5)C5CCC(N5)C5CCC(C6CCC(C)N6)N5S(=O)([O-])(O)CCCC5C6CC(C)SC6C6SC(CC56)C5CC6C(CCCS(=O)(=O)[O-])C7CC(SC7C6S5)C5CC6C(CCCS(=O)([O-])(O)N34)C3CC(C4CC7C(CCCS(=O)(=O)[O-])C8CC(C)SC8C7S4)SC3C6S5)N2)N1. The predicted molar refractivity (Wildman–Crippen MR) is 479 cm³/mol. The van der Waals surface area contributed by atoms with Crippen LogP contribution in [0.1, 0.15) is 233 Å². The lowest BCUT2D eigenvalue weighted by Gasteiger charge is -2.56. The van der Waals surface area contributed by atoms with E-state index < -0.39 is 39.9 Å². The lowest BCUT2D eigenvalue weighted by atomic mass is 9.78. The van der Waals surface area contributed by atoms with Crippen LogP contribution in [-0.2, 0) is 39.9 Å². The molecule has 32 heteroatoms. The fourth-order valence-electron chi connectivity index (χ4n) is 31.6. The Morgan fingerprint density at radius 2 is 0.578 bits per heavy atom. The maximum Gasteiger partial charge on any atom is 0.0945 e. The van der Waals surface area contributed by atoms with E-state index in [2.05, 4.69) is 154 Å². The van der Waals surface area contributed by atoms with E-state index in [1.54, 1.807) is 8.61 Å². The van der Waals surface area contributed by atoms with Crippen LogP contribution < -0.4 is 31.9 Å². The normalized spacial score (nSPS) is 56.3. The molecule has 0 spiro atoms. The minimum absolute atomic E-state index is 0.00576. The summed E-state index contributed by atoms with van der Waals surface area (Å²) >= 11 is 18.0. The maximum absolute atomic E-state index is 16.4. The minimum Gasteiger partial charge on any atom is -0.758 e. The molecule has 44 atom stereocenters. The lowest BCUT2D eigenvalue weighted by Crippen LogP contribution is -2.65. The third-order valence-corrected chi connectivity index (χ3v) is 57.6. The van der Waals surface area contributed by atoms with Gasteiger partial charge in [0.15, 0.2) is 0 Å². The van der Waals surface area contributed by atoms with Crippen LogP contribution in [0.5, 0.6) is 0 Å². The van der Waals surface area contributed by atoms with Gasteiger partial charge < -0.3 is 59.2 Å². The van der Waals surface area contributed by atoms with Gasteiger partial charge in [-0.05, 0) is 310 Å². The summed E-state index contributed by atoms with van der Waals surface area (Å²) in [7, 11) is -20.0. The van der Waals surface area contributed by atoms with Gasteiger partial charge >= 0.3 is 0 Å². The Kier molecular flexibility index (Phi) is 23.6. The van der Waals surface area contributed by atoms with Gasteiger partial charge in [0.2, 0.25) is 0 Å². The Bertz CT molecular complexity index is 4010. The average Bonchev–Trinajstić information content (AvgIpc) is 1.55. The van der Waals surface area contributed by atoms with Crippen molar-refractivity contribution in [2.24, 2.45) is 71.0 Å². The van der Waals surface area contributed by atoms with Crippen LogP contribution in [0, 0.1) is 71.0 Å². The minimum atomic E-state index is -5.72. The van der Waals surface area contributed by atoms with Crippen LogP contribution in [0.15, 0.2) is 0 Å². The van der Waals surface area contributed by atoms with Gasteiger partial charge in [0.05, 0.1) is 20.2 Å². The highest BCUT2D eigenvalue weighted by Crippen LogP contribution is 2.73. The van der Waals surface area contributed by atoms with Gasteiger partial charge in [-0.25, -0.2) is 25.4 Å². The summed E-state index contributed by atoms with van der Waals surface area (Å²) in [6.45, 7) is 9.23. The van der Waals surface area contributed by atoms with E-state index in [9.17, 15) is 35.0 Å². The number of nitrogens with zero attached hydrogens (tertiary/aromatic N) is 2. The smallest absolute Gasteiger partial charge is 0.0945 e. The van der Waals surface area contributed by atoms with Gasteiger partial charge in [-0.1, -0.05) is 13.8 Å². The first-order chi connectivity index (χ1) is 55.3. The Hall–Kier alpha value is 2.44. The molecule has 0 radical (unpaired) electrons. The monoisotopic (exact) mass is 1830 g/mol. The van der Waals surface area contributed by atoms with Crippen LogP contribution >= 0.6 is 94.1 Å². The number of rotatable bonds is 12. The van der Waals surface area contributed by atoms with E-state index in [0.717, 1.165) is 154 Å². The summed E-state index contributed by atoms with van der Waals surface area (Å²) in [6.07, 6.45) is 28.3. The van der Waals surface area contributed by atoms with Gasteiger partial charge in [-0.3, -0.25) is 8.42 Å². The van der Waals surface area contributed by atoms with Crippen LogP contribution in [-0.4, -0.2) is 265 Å². The van der Waals surface area contributed by atoms with Crippen molar-refractivity contribution < 1.29 is 52.6 Å². The van der Waals surface area contributed by atoms with Crippen LogP contribution in [0.2, 0.25) is 0 Å². The molecule has 0 aromatic carbocycles. The fourth-order valence-corrected chi connectivity index (χ4v) is 55.1. The molecular weight excluding hydrogens is 1700 g/mol. The highest BCUT2D eigenvalue weighted by Gasteiger charge is 2.68. The van der Waals surface area contributed by atoms with Crippen molar-refractivity contribution in [2.45, 2.75) is 414 Å². The largest absolute Gasteiger partial charge is 0.758 e. The third kappa shape index (κ3) is 15.9. The van der Waals surface area contributed by atoms with Crippen LogP contribution in [0.25, 0.3) is 0 Å². The Balaban J connectivity index is 0.583. The quantitative estimate of drug-likeness (QED) is 0.0665. The molecule has 8 N–H and O–H groups in total. The zero-order valence-electron chi connectivity index (χ0n) is 68.6. The summed E-state index contributed by atoms with van der Waals surface area (Å²) < 4.78 is 167. The van der Waals surface area contributed by atoms with Crippen molar-refractivity contribution in [3.8, 4) is 0 Å². The maximum atomic E-state index is 16.4. The molecule has 21 rings (SSSR count). The molecule has 17 aliphatic heterocycles. The van der Waals surface area contributed by atoms with Crippen molar-refractivity contribution in [1.29, 1.82) is 0 Å². The van der Waals surface area contributed by atoms with E-state index in [1.165, 1.54) is 12.8 Å². The Morgan fingerprint density at radius 1 is 0.328 bits per heavy atom. The molecule has 4 aliphatic carbocycles. The molecular formula is C84H136N8O12S12-4. The molecule has 21 aliphatic rings. The van der Waals surface area contributed by atoms with E-state index in [1.807, 2.05) is 0 Å². The van der Waals surface area contributed by atoms with E-state index in [0.29, 0.717) is 206 Å². The fraction of sp³-hybridized carbons (Fsp3) is 1.00. The van der Waals surface area contributed by atoms with Gasteiger partial charge in [-0.2, -0.15) is 94.1 Å². The van der Waals surface area contributed by atoms with E-state index in [-0.39, 0.29) is 108 Å². The van der Waals surface area contributed by atoms with Crippen LogP contribution in [0.3, 0.4) is 0 Å². The second-order valence-electron chi connectivity index (χ2n) is 42.4. The zero-order chi connectivity index (χ0) is 79.8. The van der Waals surface area contributed by atoms with Gasteiger partial charge in [0.25, 0.3) is 0 Å². The van der Waals surface area contributed by atoms with Crippen LogP contribution in [0.4, 0.5) is 0 Å². The van der Waals surface area contributed by atoms with Crippen molar-refractivity contribution in [3.05, 3.63) is 0 Å². The van der Waals surface area contributed by atoms with Gasteiger partial charge in [0.1, 0.15) is 0 Å². The molecule has 20 nitrogen and oxygen atoms in total. The molecule has 660 valence electrons. The highest BCUT2D eigenvalue weighted by atomic mass is 32.3. The molecule has 21 fully saturated rings. The number of fused-ring (bicyclic) bond motifs is 27. The lowest BCUT2D eigenvalue weighted by molar-refractivity contribution is 0.177. The van der Waals surface area contributed by atoms with Gasteiger partial charge in [0, 0.05) is 204 Å². The topological polar surface area (TPSA) is 314 Å². The molecule has 14 bridgehead atoms. The first-order valence-electron chi connectivity index (χ1n) is 46.8. The van der Waals surface area contributed by atoms with E-state index in [4.69, 9.17) is 0 Å². The summed E-state index contributed by atoms with van der Waals surface area (Å²) in [5.41, 5.74) is 0. The standard InChI is InChI=1S/C84H140N8O12S12/c1-41-13-15-57(85-41)58-19-22-64(88-58)69-27-28-70-66-24-21-62(90-66)60-18-17-59(87-60)61-20-23-65(89-61)68-26-25-67(63-16-14-42(2)86-63)91(68)115(99,100,101)31-7-11-47-50-34-44(4)106-78(50)80-54(47)38-72(108-80)73-36-52-46(10-6-30-114(96,97)98)53-37-74(110-82(53)81(52)109-73)76-40-56-48(12-8-32-116(102,103,104)92(69)70)55-39-75(111-83(55)84(56)112-76)71-35-51-45(9-5-29-113(93,94)95)49-33-43(3)105-77(49)79(51)107-71/h41-90H,5-40H2,1-4H3,(H,93,94,95)(H,96,97,98)(H2,99,100,101)(H2,102,103,104)/p-4. The second-order valence-corrected chi connectivity index (χ2v) is 62.6. The molecule has 17 heterocycles. The molecule has 0 amide bonds. The zero-order valence-corrected chi connectivity index (χ0v) is 78.4. The summed E-state index contributed by atoms with van der Waals surface area (Å²) in [5, 5.41) is 31.9. The first kappa shape index (κ1) is 85.2. The summed E-state index contributed by atoms with van der Waals surface area (Å²) in [5.74, 6) is 4.38. The first-order valence-corrected chi connectivity index (χ1v) is 61.5. The third-order valence-electron chi connectivity index (χ3n) is 35.9. The molecule has 116 heavy (non-hydrogen) atoms. The highest BCUT2D eigenvalue weighted by molar-refractivity contribution is 8.10. The molecule has 17 saturated heterocycles. The Morgan fingerprint density at radius 3 is 0.914 bits per heavy atom.